The molecular weight excluding hydrogens is 424 g/mol. The highest BCUT2D eigenvalue weighted by Gasteiger charge is 2.19. The average molecular weight is 435 g/mol. The van der Waals surface area contributed by atoms with Gasteiger partial charge in [0.1, 0.15) is 5.82 Å². The number of anilines is 1. The second-order valence-electron chi connectivity index (χ2n) is 4.51. The molecule has 0 aromatic heterocycles. The van der Waals surface area contributed by atoms with Gasteiger partial charge in [0.25, 0.3) is 10.0 Å². The van der Waals surface area contributed by atoms with Gasteiger partial charge in [-0.15, -0.1) is 0 Å². The third kappa shape index (κ3) is 3.55. The van der Waals surface area contributed by atoms with Gasteiger partial charge in [0.05, 0.1) is 16.1 Å². The highest BCUT2D eigenvalue weighted by Crippen LogP contribution is 2.22. The zero-order valence-corrected chi connectivity index (χ0v) is 14.3. The van der Waals surface area contributed by atoms with Crippen molar-refractivity contribution in [3.8, 4) is 0 Å². The standard InChI is InChI=1S/C14H11FINO4S/c1-8-6-9(16)2-5-13(8)17-22(20,21)10-3-4-12(15)11(7-10)14(18)19/h2-7,17H,1H3,(H,18,19). The quantitative estimate of drug-likeness (QED) is 0.723. The van der Waals surface area contributed by atoms with Crippen LogP contribution in [-0.4, -0.2) is 19.5 Å². The molecule has 116 valence electrons. The van der Waals surface area contributed by atoms with Crippen molar-refractivity contribution in [3.05, 3.63) is 56.9 Å². The summed E-state index contributed by atoms with van der Waals surface area (Å²) in [5.74, 6) is -2.52. The third-order valence-corrected chi connectivity index (χ3v) is 4.95. The van der Waals surface area contributed by atoms with E-state index in [1.54, 1.807) is 25.1 Å². The number of nitrogens with one attached hydrogen (secondary N) is 1. The molecule has 5 nitrogen and oxygen atoms in total. The van der Waals surface area contributed by atoms with Crippen molar-refractivity contribution in [1.29, 1.82) is 0 Å². The van der Waals surface area contributed by atoms with Gasteiger partial charge in [-0.2, -0.15) is 0 Å². The Labute approximate surface area is 140 Å². The molecule has 0 aliphatic carbocycles. The van der Waals surface area contributed by atoms with Gasteiger partial charge in [0.15, 0.2) is 0 Å². The largest absolute Gasteiger partial charge is 0.478 e. The van der Waals surface area contributed by atoms with Crippen LogP contribution in [0, 0.1) is 16.3 Å². The van der Waals surface area contributed by atoms with Crippen LogP contribution in [0.5, 0.6) is 0 Å². The molecule has 0 bridgehead atoms. The van der Waals surface area contributed by atoms with Gasteiger partial charge in [0.2, 0.25) is 0 Å². The van der Waals surface area contributed by atoms with Crippen molar-refractivity contribution < 1.29 is 22.7 Å². The summed E-state index contributed by atoms with van der Waals surface area (Å²) in [6.07, 6.45) is 0. The number of aryl methyl sites for hydroxylation is 1. The fraction of sp³-hybridized carbons (Fsp3) is 0.0714. The summed E-state index contributed by atoms with van der Waals surface area (Å²) in [6.45, 7) is 1.74. The topological polar surface area (TPSA) is 83.5 Å². The Kier molecular flexibility index (Phi) is 4.71. The predicted molar refractivity (Wildman–Crippen MR) is 88.1 cm³/mol. The minimum Gasteiger partial charge on any atom is -0.478 e. The maximum atomic E-state index is 13.3. The first-order valence-electron chi connectivity index (χ1n) is 6.02. The second kappa shape index (κ2) is 6.21. The Bertz CT molecular complexity index is 852. The van der Waals surface area contributed by atoms with Gasteiger partial charge < -0.3 is 5.11 Å². The number of aromatic carboxylic acids is 1. The lowest BCUT2D eigenvalue weighted by Gasteiger charge is -2.11. The van der Waals surface area contributed by atoms with Crippen molar-refractivity contribution in [2.45, 2.75) is 11.8 Å². The molecule has 0 amide bonds. The molecule has 2 N–H and O–H groups in total. The smallest absolute Gasteiger partial charge is 0.338 e. The van der Waals surface area contributed by atoms with Crippen LogP contribution in [0.4, 0.5) is 10.1 Å². The minimum atomic E-state index is -4.00. The summed E-state index contributed by atoms with van der Waals surface area (Å²) in [5, 5.41) is 8.86. The SMILES string of the molecule is Cc1cc(I)ccc1NS(=O)(=O)c1ccc(F)c(C(=O)O)c1. The van der Waals surface area contributed by atoms with Crippen LogP contribution in [0.25, 0.3) is 0 Å². The Morgan fingerprint density at radius 2 is 1.91 bits per heavy atom. The Morgan fingerprint density at radius 1 is 1.23 bits per heavy atom. The van der Waals surface area contributed by atoms with Crippen LogP contribution in [0.2, 0.25) is 0 Å². The first kappa shape index (κ1) is 16.7. The maximum absolute atomic E-state index is 13.3. The number of benzene rings is 2. The van der Waals surface area contributed by atoms with E-state index in [1.807, 2.05) is 0 Å². The molecule has 0 aliphatic heterocycles. The lowest BCUT2D eigenvalue weighted by Crippen LogP contribution is -2.15. The third-order valence-electron chi connectivity index (χ3n) is 2.91. The molecule has 2 aromatic rings. The monoisotopic (exact) mass is 435 g/mol. The van der Waals surface area contributed by atoms with Gasteiger partial charge >= 0.3 is 5.97 Å². The molecule has 0 heterocycles. The van der Waals surface area contributed by atoms with Crippen LogP contribution in [0.15, 0.2) is 41.3 Å². The molecule has 0 unspecified atom stereocenters. The van der Waals surface area contributed by atoms with Crippen LogP contribution in [0.1, 0.15) is 15.9 Å². The Morgan fingerprint density at radius 3 is 2.50 bits per heavy atom. The van der Waals surface area contributed by atoms with E-state index in [4.69, 9.17) is 5.11 Å². The fourth-order valence-corrected chi connectivity index (χ4v) is 3.58. The molecular formula is C14H11FINO4S. The van der Waals surface area contributed by atoms with E-state index in [1.165, 1.54) is 0 Å². The second-order valence-corrected chi connectivity index (χ2v) is 7.44. The van der Waals surface area contributed by atoms with Gasteiger partial charge in [0, 0.05) is 3.57 Å². The Balaban J connectivity index is 2.42. The molecule has 0 aliphatic rings. The maximum Gasteiger partial charge on any atom is 0.338 e. The molecule has 0 saturated carbocycles. The van der Waals surface area contributed by atoms with E-state index < -0.39 is 27.4 Å². The number of carboxylic acid groups (broad SMARTS) is 1. The number of carboxylic acids is 1. The number of hydrogen-bond acceptors (Lipinski definition) is 3. The van der Waals surface area contributed by atoms with Gasteiger partial charge in [-0.05, 0) is 71.5 Å². The molecule has 0 spiro atoms. The number of hydrogen-bond donors (Lipinski definition) is 2. The number of halogens is 2. The van der Waals surface area contributed by atoms with Crippen LogP contribution in [0.3, 0.4) is 0 Å². The molecule has 0 atom stereocenters. The lowest BCUT2D eigenvalue weighted by atomic mass is 10.2. The van der Waals surface area contributed by atoms with Crippen molar-refractivity contribution >= 4 is 44.3 Å². The van der Waals surface area contributed by atoms with E-state index in [2.05, 4.69) is 27.3 Å². The van der Waals surface area contributed by atoms with Crippen LogP contribution in [-0.2, 0) is 10.0 Å². The van der Waals surface area contributed by atoms with Crippen molar-refractivity contribution in [2.75, 3.05) is 4.72 Å². The zero-order chi connectivity index (χ0) is 16.5. The van der Waals surface area contributed by atoms with E-state index in [0.717, 1.165) is 27.3 Å². The summed E-state index contributed by atoms with van der Waals surface area (Å²) < 4.78 is 41.3. The normalized spacial score (nSPS) is 11.2. The summed E-state index contributed by atoms with van der Waals surface area (Å²) in [6, 6.07) is 7.77. The molecule has 0 fully saturated rings. The Hall–Kier alpha value is -1.68. The summed E-state index contributed by atoms with van der Waals surface area (Å²) in [5.41, 5.74) is 0.403. The average Bonchev–Trinajstić information content (AvgIpc) is 2.42. The van der Waals surface area contributed by atoms with E-state index in [9.17, 15) is 17.6 Å². The first-order chi connectivity index (χ1) is 10.2. The van der Waals surface area contributed by atoms with Crippen molar-refractivity contribution in [2.24, 2.45) is 0 Å². The highest BCUT2D eigenvalue weighted by molar-refractivity contribution is 14.1. The summed E-state index contributed by atoms with van der Waals surface area (Å²) in [4.78, 5) is 10.6. The predicted octanol–water partition coefficient (Wildman–Crippen LogP) is 3.24. The summed E-state index contributed by atoms with van der Waals surface area (Å²) >= 11 is 2.10. The van der Waals surface area contributed by atoms with Gasteiger partial charge in [-0.25, -0.2) is 17.6 Å². The first-order valence-corrected chi connectivity index (χ1v) is 8.59. The molecule has 0 saturated heterocycles. The van der Waals surface area contributed by atoms with Gasteiger partial charge in [-0.1, -0.05) is 0 Å². The number of rotatable bonds is 4. The van der Waals surface area contributed by atoms with Crippen molar-refractivity contribution in [3.63, 3.8) is 0 Å². The van der Waals surface area contributed by atoms with E-state index in [0.29, 0.717) is 5.69 Å². The molecule has 8 heteroatoms. The lowest BCUT2D eigenvalue weighted by molar-refractivity contribution is 0.0691. The van der Waals surface area contributed by atoms with E-state index >= 15 is 0 Å². The zero-order valence-electron chi connectivity index (χ0n) is 11.3. The molecule has 2 aromatic carbocycles. The molecule has 0 radical (unpaired) electrons. The minimum absolute atomic E-state index is 0.316. The van der Waals surface area contributed by atoms with Crippen LogP contribution < -0.4 is 4.72 Å². The van der Waals surface area contributed by atoms with Gasteiger partial charge in [-0.3, -0.25) is 4.72 Å². The van der Waals surface area contributed by atoms with Crippen molar-refractivity contribution in [1.82, 2.24) is 0 Å². The molecule has 2 rings (SSSR count). The number of carbonyl (C=O) groups is 1. The van der Waals surface area contributed by atoms with E-state index in [-0.39, 0.29) is 4.90 Å². The highest BCUT2D eigenvalue weighted by atomic mass is 127. The number of sulfonamides is 1. The van der Waals surface area contributed by atoms with Crippen LogP contribution >= 0.6 is 22.6 Å². The summed E-state index contributed by atoms with van der Waals surface area (Å²) in [7, 11) is -4.00. The fourth-order valence-electron chi connectivity index (χ4n) is 1.78. The molecule has 22 heavy (non-hydrogen) atoms.